The van der Waals surface area contributed by atoms with Crippen molar-refractivity contribution in [3.8, 4) is 11.4 Å². The third kappa shape index (κ3) is 3.28. The number of hydrogen-bond donors (Lipinski definition) is 3. The lowest BCUT2D eigenvalue weighted by Crippen LogP contribution is -2.21. The molecule has 0 aliphatic carbocycles. The summed E-state index contributed by atoms with van der Waals surface area (Å²) in [6.45, 7) is 1.05. The van der Waals surface area contributed by atoms with E-state index >= 15 is 0 Å². The van der Waals surface area contributed by atoms with E-state index < -0.39 is 5.91 Å². The number of aromatic amines is 1. The van der Waals surface area contributed by atoms with Gasteiger partial charge in [-0.25, -0.2) is 5.48 Å². The quantitative estimate of drug-likeness (QED) is 0.341. The highest BCUT2D eigenvalue weighted by Crippen LogP contribution is 2.29. The average molecular weight is 347 g/mol. The maximum atomic E-state index is 11.3. The normalized spacial score (nSPS) is 11.1. The summed E-state index contributed by atoms with van der Waals surface area (Å²) in [7, 11) is 1.63. The van der Waals surface area contributed by atoms with Crippen LogP contribution in [0.15, 0.2) is 35.6 Å². The summed E-state index contributed by atoms with van der Waals surface area (Å²) < 4.78 is 7.08. The topological polar surface area (TPSA) is 105 Å². The summed E-state index contributed by atoms with van der Waals surface area (Å²) in [4.78, 5) is 14.5. The van der Waals surface area contributed by atoms with E-state index in [1.165, 1.54) is 11.8 Å². The largest absolute Gasteiger partial charge is 0.383 e. The van der Waals surface area contributed by atoms with Crippen molar-refractivity contribution in [3.63, 3.8) is 0 Å². The fraction of sp³-hybridized carbons (Fsp3) is 0.267. The Labute approximate surface area is 142 Å². The minimum atomic E-state index is -0.491. The van der Waals surface area contributed by atoms with E-state index in [2.05, 4.69) is 15.2 Å². The predicted molar refractivity (Wildman–Crippen MR) is 89.8 cm³/mol. The average Bonchev–Trinajstić information content (AvgIpc) is 3.21. The second-order valence-electron chi connectivity index (χ2n) is 5.02. The number of amides is 1. The van der Waals surface area contributed by atoms with Crippen LogP contribution in [0.1, 0.15) is 0 Å². The third-order valence-electron chi connectivity index (χ3n) is 3.52. The molecule has 3 N–H and O–H groups in total. The molecule has 24 heavy (non-hydrogen) atoms. The molecule has 0 saturated heterocycles. The Hall–Kier alpha value is -2.36. The van der Waals surface area contributed by atoms with E-state index in [0.717, 1.165) is 16.5 Å². The molecular formula is C15H17N5O3S. The first-order chi connectivity index (χ1) is 11.7. The minimum absolute atomic E-state index is 0.0511. The maximum Gasteiger partial charge on any atom is 0.253 e. The van der Waals surface area contributed by atoms with Crippen molar-refractivity contribution in [2.24, 2.45) is 0 Å². The summed E-state index contributed by atoms with van der Waals surface area (Å²) in [6.07, 6.45) is 1.90. The van der Waals surface area contributed by atoms with Crippen LogP contribution in [0, 0.1) is 0 Å². The van der Waals surface area contributed by atoms with Gasteiger partial charge in [0.15, 0.2) is 11.0 Å². The van der Waals surface area contributed by atoms with Gasteiger partial charge < -0.3 is 9.72 Å². The van der Waals surface area contributed by atoms with E-state index in [0.29, 0.717) is 24.1 Å². The summed E-state index contributed by atoms with van der Waals surface area (Å²) in [5, 5.41) is 18.7. The van der Waals surface area contributed by atoms with Gasteiger partial charge in [0.05, 0.1) is 18.9 Å². The van der Waals surface area contributed by atoms with Gasteiger partial charge in [-0.1, -0.05) is 30.0 Å². The van der Waals surface area contributed by atoms with Crippen LogP contribution in [0.4, 0.5) is 0 Å². The molecule has 1 aromatic carbocycles. The zero-order chi connectivity index (χ0) is 16.9. The zero-order valence-corrected chi connectivity index (χ0v) is 13.8. The maximum absolute atomic E-state index is 11.3. The summed E-state index contributed by atoms with van der Waals surface area (Å²) >= 11 is 1.21. The molecule has 126 valence electrons. The van der Waals surface area contributed by atoms with Crippen LogP contribution in [0.5, 0.6) is 0 Å². The minimum Gasteiger partial charge on any atom is -0.383 e. The van der Waals surface area contributed by atoms with Crippen LogP contribution < -0.4 is 5.48 Å². The highest BCUT2D eigenvalue weighted by atomic mass is 32.2. The van der Waals surface area contributed by atoms with Crippen LogP contribution in [-0.4, -0.2) is 50.3 Å². The molecule has 0 aliphatic heterocycles. The number of rotatable bonds is 7. The first-order valence-corrected chi connectivity index (χ1v) is 8.27. The molecule has 0 aliphatic rings. The molecule has 0 saturated carbocycles. The number of para-hydroxylation sites is 1. The van der Waals surface area contributed by atoms with E-state index in [1.807, 2.05) is 35.0 Å². The van der Waals surface area contributed by atoms with E-state index in [9.17, 15) is 4.79 Å². The summed E-state index contributed by atoms with van der Waals surface area (Å²) in [5.41, 5.74) is 3.56. The van der Waals surface area contributed by atoms with Gasteiger partial charge in [-0.15, -0.1) is 10.2 Å². The fourth-order valence-corrected chi connectivity index (χ4v) is 3.15. The second kappa shape index (κ2) is 7.47. The van der Waals surface area contributed by atoms with Crippen molar-refractivity contribution in [1.29, 1.82) is 0 Å². The van der Waals surface area contributed by atoms with Crippen molar-refractivity contribution in [1.82, 2.24) is 25.2 Å². The number of nitrogens with zero attached hydrogens (tertiary/aromatic N) is 3. The van der Waals surface area contributed by atoms with Crippen molar-refractivity contribution in [2.45, 2.75) is 11.7 Å². The molecule has 3 aromatic rings. The highest BCUT2D eigenvalue weighted by Gasteiger charge is 2.18. The van der Waals surface area contributed by atoms with Gasteiger partial charge in [-0.05, 0) is 6.07 Å². The van der Waals surface area contributed by atoms with Gasteiger partial charge in [0.2, 0.25) is 0 Å². The van der Waals surface area contributed by atoms with Crippen LogP contribution in [0.3, 0.4) is 0 Å². The monoisotopic (exact) mass is 347 g/mol. The van der Waals surface area contributed by atoms with Gasteiger partial charge in [-0.3, -0.25) is 14.6 Å². The predicted octanol–water partition coefficient (Wildman–Crippen LogP) is 1.67. The highest BCUT2D eigenvalue weighted by molar-refractivity contribution is 7.99. The number of nitrogens with one attached hydrogen (secondary N) is 2. The Morgan fingerprint density at radius 3 is 3.04 bits per heavy atom. The first-order valence-electron chi connectivity index (χ1n) is 7.29. The standard InChI is InChI=1S/C15H17N5O3S/c1-23-7-6-20-14(17-18-15(20)24-9-13(21)19-22)11-8-16-12-5-3-2-4-10(11)12/h2-5,8,16,22H,6-7,9H2,1H3,(H,19,21). The van der Waals surface area contributed by atoms with E-state index in [4.69, 9.17) is 9.94 Å². The van der Waals surface area contributed by atoms with Crippen LogP contribution in [0.2, 0.25) is 0 Å². The molecule has 0 atom stereocenters. The summed E-state index contributed by atoms with van der Waals surface area (Å²) in [6, 6.07) is 7.95. The molecule has 0 fully saturated rings. The molecular weight excluding hydrogens is 330 g/mol. The van der Waals surface area contributed by atoms with Gasteiger partial charge >= 0.3 is 0 Å². The van der Waals surface area contributed by atoms with Crippen LogP contribution >= 0.6 is 11.8 Å². The van der Waals surface area contributed by atoms with Crippen molar-refractivity contribution in [2.75, 3.05) is 19.5 Å². The molecule has 9 heteroatoms. The number of carbonyl (C=O) groups excluding carboxylic acids is 1. The lowest BCUT2D eigenvalue weighted by molar-refractivity contribution is -0.126. The number of methoxy groups -OCH3 is 1. The van der Waals surface area contributed by atoms with Gasteiger partial charge in [0.25, 0.3) is 5.91 Å². The lowest BCUT2D eigenvalue weighted by atomic mass is 10.1. The number of thioether (sulfide) groups is 1. The number of aromatic nitrogens is 4. The molecule has 8 nitrogen and oxygen atoms in total. The van der Waals surface area contributed by atoms with Gasteiger partial charge in [0.1, 0.15) is 0 Å². The van der Waals surface area contributed by atoms with Crippen LogP contribution in [-0.2, 0) is 16.1 Å². The number of hydroxylamine groups is 1. The molecule has 2 aromatic heterocycles. The van der Waals surface area contributed by atoms with Gasteiger partial charge in [-0.2, -0.15) is 0 Å². The first kappa shape index (κ1) is 16.5. The van der Waals surface area contributed by atoms with Crippen molar-refractivity contribution < 1.29 is 14.7 Å². The number of hydrogen-bond acceptors (Lipinski definition) is 6. The van der Waals surface area contributed by atoms with Gasteiger partial charge in [0, 0.05) is 29.8 Å². The molecule has 0 bridgehead atoms. The molecule has 3 rings (SSSR count). The van der Waals surface area contributed by atoms with Crippen molar-refractivity contribution in [3.05, 3.63) is 30.5 Å². The Balaban J connectivity index is 1.97. The van der Waals surface area contributed by atoms with Crippen molar-refractivity contribution >= 4 is 28.6 Å². The van der Waals surface area contributed by atoms with E-state index in [1.54, 1.807) is 12.6 Å². The molecule has 0 radical (unpaired) electrons. The Kier molecular flexibility index (Phi) is 5.14. The number of fused-ring (bicyclic) bond motifs is 1. The number of carbonyl (C=O) groups is 1. The molecule has 0 unspecified atom stereocenters. The second-order valence-corrected chi connectivity index (χ2v) is 5.96. The summed E-state index contributed by atoms with van der Waals surface area (Å²) in [5.74, 6) is 0.265. The Morgan fingerprint density at radius 2 is 2.25 bits per heavy atom. The zero-order valence-electron chi connectivity index (χ0n) is 13.0. The number of ether oxygens (including phenoxy) is 1. The number of H-pyrrole nitrogens is 1. The Morgan fingerprint density at radius 1 is 1.42 bits per heavy atom. The third-order valence-corrected chi connectivity index (χ3v) is 4.49. The van der Waals surface area contributed by atoms with Crippen LogP contribution in [0.25, 0.3) is 22.3 Å². The molecule has 2 heterocycles. The smallest absolute Gasteiger partial charge is 0.253 e. The molecule has 1 amide bonds. The SMILES string of the molecule is COCCn1c(SCC(=O)NO)nnc1-c1c[nH]c2ccccc12. The Bertz CT molecular complexity index is 845. The fourth-order valence-electron chi connectivity index (χ4n) is 2.40. The van der Waals surface area contributed by atoms with E-state index in [-0.39, 0.29) is 5.75 Å². The number of benzene rings is 1. The molecule has 0 spiro atoms. The lowest BCUT2D eigenvalue weighted by Gasteiger charge is -2.09.